The molecule has 0 spiro atoms. The Bertz CT molecular complexity index is 1350. The summed E-state index contributed by atoms with van der Waals surface area (Å²) in [4.78, 5) is 14.9. The number of halogens is 1. The van der Waals surface area contributed by atoms with Crippen molar-refractivity contribution in [3.63, 3.8) is 0 Å². The molecule has 172 valence electrons. The van der Waals surface area contributed by atoms with E-state index in [0.29, 0.717) is 53.3 Å². The molecule has 4 heterocycles. The number of carbonyl (C=O) groups is 1. The first-order valence-corrected chi connectivity index (χ1v) is 11.0. The Balaban J connectivity index is 1.16. The lowest BCUT2D eigenvalue weighted by molar-refractivity contribution is 0.0692. The van der Waals surface area contributed by atoms with Gasteiger partial charge in [-0.2, -0.15) is 5.10 Å². The molecule has 4 aromatic rings. The number of aromatic nitrogens is 4. The molecule has 6 rings (SSSR count). The Labute approximate surface area is 193 Å². The van der Waals surface area contributed by atoms with E-state index in [-0.39, 0.29) is 24.4 Å². The lowest BCUT2D eigenvalue weighted by atomic mass is 9.97. The lowest BCUT2D eigenvalue weighted by Gasteiger charge is -2.30. The predicted molar refractivity (Wildman–Crippen MR) is 118 cm³/mol. The van der Waals surface area contributed by atoms with Gasteiger partial charge in [-0.15, -0.1) is 10.2 Å². The summed E-state index contributed by atoms with van der Waals surface area (Å²) in [5, 5.41) is 15.5. The molecule has 2 aliphatic heterocycles. The van der Waals surface area contributed by atoms with Crippen molar-refractivity contribution in [3.8, 4) is 34.2 Å². The van der Waals surface area contributed by atoms with E-state index < -0.39 is 0 Å². The fourth-order valence-electron chi connectivity index (χ4n) is 4.28. The number of H-pyrrole nitrogens is 1. The van der Waals surface area contributed by atoms with Gasteiger partial charge in [0.25, 0.3) is 5.91 Å². The van der Waals surface area contributed by atoms with E-state index in [4.69, 9.17) is 13.9 Å². The van der Waals surface area contributed by atoms with Gasteiger partial charge in [0.1, 0.15) is 11.5 Å². The third-order valence-corrected chi connectivity index (χ3v) is 6.07. The average molecular weight is 461 g/mol. The van der Waals surface area contributed by atoms with Crippen LogP contribution in [0.15, 0.2) is 52.9 Å². The molecule has 1 saturated heterocycles. The van der Waals surface area contributed by atoms with Crippen molar-refractivity contribution >= 4 is 5.91 Å². The molecular weight excluding hydrogens is 441 g/mol. The zero-order valence-corrected chi connectivity index (χ0v) is 18.0. The molecule has 0 bridgehead atoms. The van der Waals surface area contributed by atoms with Crippen molar-refractivity contribution in [3.05, 3.63) is 65.9 Å². The number of nitrogens with one attached hydrogen (secondary N) is 1. The largest absolute Gasteiger partial charge is 0.454 e. The highest BCUT2D eigenvalue weighted by molar-refractivity contribution is 5.93. The first-order chi connectivity index (χ1) is 16.6. The number of carbonyl (C=O) groups excluding carboxylic acids is 1. The van der Waals surface area contributed by atoms with Crippen molar-refractivity contribution in [1.82, 2.24) is 25.3 Å². The second-order valence-corrected chi connectivity index (χ2v) is 8.28. The molecule has 2 aromatic heterocycles. The second kappa shape index (κ2) is 8.29. The van der Waals surface area contributed by atoms with Crippen LogP contribution in [0.2, 0.25) is 0 Å². The molecule has 0 radical (unpaired) electrons. The number of hydrogen-bond acceptors (Lipinski definition) is 7. The first kappa shape index (κ1) is 20.4. The van der Waals surface area contributed by atoms with E-state index in [1.807, 2.05) is 18.2 Å². The van der Waals surface area contributed by atoms with Crippen LogP contribution in [0.25, 0.3) is 22.7 Å². The number of ether oxygens (including phenoxy) is 2. The quantitative estimate of drug-likeness (QED) is 0.489. The fourth-order valence-corrected chi connectivity index (χ4v) is 4.28. The van der Waals surface area contributed by atoms with Crippen molar-refractivity contribution in [1.29, 1.82) is 0 Å². The number of rotatable bonds is 4. The van der Waals surface area contributed by atoms with Gasteiger partial charge in [0.15, 0.2) is 11.5 Å². The van der Waals surface area contributed by atoms with Crippen molar-refractivity contribution in [2.45, 2.75) is 18.8 Å². The van der Waals surface area contributed by atoms with Gasteiger partial charge >= 0.3 is 0 Å². The minimum Gasteiger partial charge on any atom is -0.454 e. The van der Waals surface area contributed by atoms with Gasteiger partial charge in [0.05, 0.1) is 11.6 Å². The van der Waals surface area contributed by atoms with E-state index in [2.05, 4.69) is 20.4 Å². The van der Waals surface area contributed by atoms with Crippen LogP contribution >= 0.6 is 0 Å². The molecule has 34 heavy (non-hydrogen) atoms. The van der Waals surface area contributed by atoms with Gasteiger partial charge < -0.3 is 18.8 Å². The first-order valence-electron chi connectivity index (χ1n) is 11.0. The van der Waals surface area contributed by atoms with Gasteiger partial charge in [0, 0.05) is 24.2 Å². The minimum atomic E-state index is -0.328. The molecule has 2 aliphatic rings. The maximum Gasteiger partial charge on any atom is 0.271 e. The summed E-state index contributed by atoms with van der Waals surface area (Å²) in [6.07, 6.45) is 1.65. The highest BCUT2D eigenvalue weighted by atomic mass is 19.1. The number of benzene rings is 2. The van der Waals surface area contributed by atoms with Crippen LogP contribution < -0.4 is 9.47 Å². The van der Waals surface area contributed by atoms with Gasteiger partial charge in [0.2, 0.25) is 18.6 Å². The topological polar surface area (TPSA) is 106 Å². The number of aromatic amines is 1. The van der Waals surface area contributed by atoms with Gasteiger partial charge in [-0.3, -0.25) is 9.89 Å². The average Bonchev–Trinajstić information content (AvgIpc) is 3.64. The van der Waals surface area contributed by atoms with Crippen LogP contribution in [0.4, 0.5) is 4.39 Å². The standard InChI is InChI=1S/C24H20FN5O4/c25-17-6-3-14(4-7-17)22-28-29-23(34-22)16-2-1-9-30(12-16)24(31)19-11-18(26-27-19)15-5-8-20-21(10-15)33-13-32-20/h3-8,10-11,16H,1-2,9,12-13H2,(H,26,27). The van der Waals surface area contributed by atoms with Crippen LogP contribution in [-0.4, -0.2) is 51.1 Å². The highest BCUT2D eigenvalue weighted by Gasteiger charge is 2.30. The van der Waals surface area contributed by atoms with Gasteiger partial charge in [-0.1, -0.05) is 0 Å². The molecule has 1 atom stereocenters. The third kappa shape index (κ3) is 3.76. The number of hydrogen-bond donors (Lipinski definition) is 1. The van der Waals surface area contributed by atoms with E-state index in [0.717, 1.165) is 18.4 Å². The van der Waals surface area contributed by atoms with Crippen molar-refractivity contribution in [2.24, 2.45) is 0 Å². The molecule has 0 aliphatic carbocycles. The Morgan fingerprint density at radius 2 is 1.85 bits per heavy atom. The second-order valence-electron chi connectivity index (χ2n) is 8.28. The maximum absolute atomic E-state index is 13.2. The van der Waals surface area contributed by atoms with E-state index in [9.17, 15) is 9.18 Å². The zero-order valence-electron chi connectivity index (χ0n) is 18.0. The minimum absolute atomic E-state index is 0.0735. The summed E-state index contributed by atoms with van der Waals surface area (Å²) in [5.41, 5.74) is 2.54. The van der Waals surface area contributed by atoms with E-state index in [1.165, 1.54) is 12.1 Å². The summed E-state index contributed by atoms with van der Waals surface area (Å²) < 4.78 is 29.8. The summed E-state index contributed by atoms with van der Waals surface area (Å²) in [5.74, 6) is 1.62. The Morgan fingerprint density at radius 3 is 2.74 bits per heavy atom. The Morgan fingerprint density at radius 1 is 1.03 bits per heavy atom. The van der Waals surface area contributed by atoms with Crippen molar-refractivity contribution < 1.29 is 23.1 Å². The fraction of sp³-hybridized carbons (Fsp3) is 0.250. The molecule has 2 aromatic carbocycles. The Kier molecular flexibility index (Phi) is 4.97. The molecule has 1 N–H and O–H groups in total. The molecule has 10 heteroatoms. The number of piperidine rings is 1. The highest BCUT2D eigenvalue weighted by Crippen LogP contribution is 2.36. The normalized spacial score (nSPS) is 17.2. The lowest BCUT2D eigenvalue weighted by Crippen LogP contribution is -2.39. The number of nitrogens with zero attached hydrogens (tertiary/aromatic N) is 4. The van der Waals surface area contributed by atoms with E-state index in [1.54, 1.807) is 23.1 Å². The van der Waals surface area contributed by atoms with E-state index >= 15 is 0 Å². The maximum atomic E-state index is 13.2. The van der Waals surface area contributed by atoms with Gasteiger partial charge in [-0.25, -0.2) is 4.39 Å². The molecule has 1 unspecified atom stereocenters. The molecule has 1 amide bonds. The molecular formula is C24H20FN5O4. The monoisotopic (exact) mass is 461 g/mol. The SMILES string of the molecule is O=C(c1cc(-c2ccc3c(c2)OCO3)n[nH]1)N1CCCC(c2nnc(-c3ccc(F)cc3)o2)C1. The Hall–Kier alpha value is -4.21. The number of fused-ring (bicyclic) bond motifs is 1. The molecule has 9 nitrogen and oxygen atoms in total. The molecule has 0 saturated carbocycles. The van der Waals surface area contributed by atoms with Crippen LogP contribution in [-0.2, 0) is 0 Å². The third-order valence-electron chi connectivity index (χ3n) is 6.07. The van der Waals surface area contributed by atoms with Crippen LogP contribution in [0.1, 0.15) is 35.1 Å². The van der Waals surface area contributed by atoms with Crippen LogP contribution in [0, 0.1) is 5.82 Å². The van der Waals surface area contributed by atoms with Crippen LogP contribution in [0.5, 0.6) is 11.5 Å². The zero-order chi connectivity index (χ0) is 23.1. The smallest absolute Gasteiger partial charge is 0.271 e. The predicted octanol–water partition coefficient (Wildman–Crippen LogP) is 4.01. The number of likely N-dealkylation sites (tertiary alicyclic amines) is 1. The summed E-state index contributed by atoms with van der Waals surface area (Å²) in [6, 6.07) is 13.2. The van der Waals surface area contributed by atoms with Crippen molar-refractivity contribution in [2.75, 3.05) is 19.9 Å². The molecule has 1 fully saturated rings. The summed E-state index contributed by atoms with van der Waals surface area (Å²) in [7, 11) is 0. The van der Waals surface area contributed by atoms with Gasteiger partial charge in [-0.05, 0) is 61.4 Å². The summed E-state index contributed by atoms with van der Waals surface area (Å²) in [6.45, 7) is 1.29. The number of amides is 1. The van der Waals surface area contributed by atoms with Crippen LogP contribution in [0.3, 0.4) is 0 Å². The summed E-state index contributed by atoms with van der Waals surface area (Å²) >= 11 is 0.